The summed E-state index contributed by atoms with van der Waals surface area (Å²) < 4.78 is 1.85. The van der Waals surface area contributed by atoms with Crippen LogP contribution < -0.4 is 0 Å². The number of rotatable bonds is 5. The second kappa shape index (κ2) is 6.77. The molecule has 1 N–H and O–H groups in total. The number of aryl methyl sites for hydroxylation is 2. The Kier molecular flexibility index (Phi) is 5.24. The molecule has 1 saturated heterocycles. The average molecular weight is 315 g/mol. The maximum Gasteiger partial charge on any atom is 0.320 e. The first-order valence-corrected chi connectivity index (χ1v) is 7.71. The van der Waals surface area contributed by atoms with Crippen LogP contribution in [0.2, 0.25) is 5.02 Å². The lowest BCUT2D eigenvalue weighted by atomic mass is 10.2. The third-order valence-corrected chi connectivity index (χ3v) is 4.62. The average Bonchev–Trinajstić information content (AvgIpc) is 2.74. The monoisotopic (exact) mass is 314 g/mol. The van der Waals surface area contributed by atoms with Crippen LogP contribution in [0.15, 0.2) is 0 Å². The Morgan fingerprint density at radius 3 is 2.48 bits per heavy atom. The van der Waals surface area contributed by atoms with Gasteiger partial charge in [0, 0.05) is 39.8 Å². The number of aliphatic carboxylic acids is 1. The zero-order valence-corrected chi connectivity index (χ0v) is 13.6. The van der Waals surface area contributed by atoms with Crippen molar-refractivity contribution in [2.75, 3.05) is 26.2 Å². The molecule has 2 heterocycles. The summed E-state index contributed by atoms with van der Waals surface area (Å²) in [5.41, 5.74) is 1.97. The van der Waals surface area contributed by atoms with Crippen molar-refractivity contribution in [3.8, 4) is 0 Å². The van der Waals surface area contributed by atoms with Crippen LogP contribution in [0.25, 0.3) is 0 Å². The van der Waals surface area contributed by atoms with Crippen LogP contribution in [0.1, 0.15) is 25.2 Å². The summed E-state index contributed by atoms with van der Waals surface area (Å²) in [7, 11) is 1.92. The van der Waals surface area contributed by atoms with Gasteiger partial charge in [0.2, 0.25) is 0 Å². The summed E-state index contributed by atoms with van der Waals surface area (Å²) in [5, 5.41) is 14.2. The van der Waals surface area contributed by atoms with Gasteiger partial charge < -0.3 is 5.11 Å². The predicted octanol–water partition coefficient (Wildman–Crippen LogP) is 1.23. The van der Waals surface area contributed by atoms with E-state index in [0.717, 1.165) is 55.6 Å². The normalized spacial score (nSPS) is 18.9. The summed E-state index contributed by atoms with van der Waals surface area (Å²) in [6.45, 7) is 7.78. The lowest BCUT2D eigenvalue weighted by Gasteiger charge is -2.36. The number of carbonyl (C=O) groups is 1. The molecule has 2 rings (SSSR count). The highest BCUT2D eigenvalue weighted by Gasteiger charge is 2.26. The first kappa shape index (κ1) is 16.3. The van der Waals surface area contributed by atoms with E-state index >= 15 is 0 Å². The Bertz CT molecular complexity index is 509. The van der Waals surface area contributed by atoms with Gasteiger partial charge in [0.25, 0.3) is 0 Å². The zero-order chi connectivity index (χ0) is 15.6. The lowest BCUT2D eigenvalue weighted by Crippen LogP contribution is -2.51. The molecule has 1 unspecified atom stereocenters. The number of carboxylic acid groups (broad SMARTS) is 1. The van der Waals surface area contributed by atoms with Gasteiger partial charge in [-0.2, -0.15) is 5.10 Å². The number of halogens is 1. The third-order valence-electron chi connectivity index (χ3n) is 4.19. The number of hydrogen-bond donors (Lipinski definition) is 1. The van der Waals surface area contributed by atoms with Gasteiger partial charge in [-0.1, -0.05) is 18.5 Å². The lowest BCUT2D eigenvalue weighted by molar-refractivity contribution is -0.143. The van der Waals surface area contributed by atoms with Crippen molar-refractivity contribution < 1.29 is 9.90 Å². The second-order valence-electron chi connectivity index (χ2n) is 5.51. The van der Waals surface area contributed by atoms with E-state index in [0.29, 0.717) is 0 Å². The van der Waals surface area contributed by atoms with Gasteiger partial charge in [-0.05, 0) is 13.3 Å². The Labute approximate surface area is 130 Å². The molecule has 118 valence electrons. The molecule has 0 saturated carbocycles. The zero-order valence-electron chi connectivity index (χ0n) is 12.8. The van der Waals surface area contributed by atoms with Gasteiger partial charge in [-0.3, -0.25) is 19.3 Å². The van der Waals surface area contributed by atoms with E-state index < -0.39 is 12.0 Å². The van der Waals surface area contributed by atoms with Crippen LogP contribution in [-0.4, -0.2) is 62.9 Å². The molecule has 0 aromatic carbocycles. The molecular weight excluding hydrogens is 292 g/mol. The largest absolute Gasteiger partial charge is 0.480 e. The molecule has 0 aliphatic carbocycles. The molecule has 0 spiro atoms. The second-order valence-corrected chi connectivity index (χ2v) is 5.89. The van der Waals surface area contributed by atoms with E-state index in [-0.39, 0.29) is 0 Å². The molecule has 6 nitrogen and oxygen atoms in total. The molecule has 1 aromatic rings. The Hall–Kier alpha value is -1.11. The molecule has 1 aliphatic heterocycles. The van der Waals surface area contributed by atoms with E-state index in [9.17, 15) is 4.79 Å². The van der Waals surface area contributed by atoms with Crippen molar-refractivity contribution in [1.29, 1.82) is 0 Å². The Morgan fingerprint density at radius 2 is 2.00 bits per heavy atom. The van der Waals surface area contributed by atoms with Crippen LogP contribution in [-0.2, 0) is 24.8 Å². The fraction of sp³-hybridized carbons (Fsp3) is 0.714. The van der Waals surface area contributed by atoms with E-state index in [1.807, 2.05) is 23.6 Å². The minimum Gasteiger partial charge on any atom is -0.480 e. The molecule has 1 aliphatic rings. The Balaban J connectivity index is 1.95. The van der Waals surface area contributed by atoms with E-state index in [1.165, 1.54) is 0 Å². The van der Waals surface area contributed by atoms with Gasteiger partial charge >= 0.3 is 5.97 Å². The fourth-order valence-corrected chi connectivity index (χ4v) is 3.02. The number of nitrogens with zero attached hydrogens (tertiary/aromatic N) is 4. The summed E-state index contributed by atoms with van der Waals surface area (Å²) >= 11 is 6.37. The number of carboxylic acids is 1. The molecule has 1 aromatic heterocycles. The van der Waals surface area contributed by atoms with E-state index in [4.69, 9.17) is 16.7 Å². The first-order valence-electron chi connectivity index (χ1n) is 7.33. The minimum atomic E-state index is -0.759. The van der Waals surface area contributed by atoms with Gasteiger partial charge in [0.1, 0.15) is 6.04 Å². The van der Waals surface area contributed by atoms with Gasteiger partial charge in [0.05, 0.1) is 16.4 Å². The molecule has 1 atom stereocenters. The van der Waals surface area contributed by atoms with Gasteiger partial charge in [0.15, 0.2) is 0 Å². The van der Waals surface area contributed by atoms with Crippen LogP contribution in [0, 0.1) is 0 Å². The molecule has 21 heavy (non-hydrogen) atoms. The summed E-state index contributed by atoms with van der Waals surface area (Å²) in [6, 6.07) is -0.417. The predicted molar refractivity (Wildman–Crippen MR) is 81.5 cm³/mol. The molecule has 7 heteroatoms. The Morgan fingerprint density at radius 1 is 1.38 bits per heavy atom. The minimum absolute atomic E-state index is 0.417. The highest BCUT2D eigenvalue weighted by atomic mass is 35.5. The van der Waals surface area contributed by atoms with Crippen LogP contribution in [0.4, 0.5) is 0 Å². The summed E-state index contributed by atoms with van der Waals surface area (Å²) in [5.74, 6) is -0.759. The van der Waals surface area contributed by atoms with Crippen molar-refractivity contribution in [2.45, 2.75) is 32.9 Å². The first-order chi connectivity index (χ1) is 9.93. The highest BCUT2D eigenvalue weighted by molar-refractivity contribution is 6.31. The molecule has 1 fully saturated rings. The smallest absolute Gasteiger partial charge is 0.320 e. The number of aromatic nitrogens is 2. The van der Waals surface area contributed by atoms with Crippen LogP contribution >= 0.6 is 11.6 Å². The van der Waals surface area contributed by atoms with Crippen molar-refractivity contribution in [3.05, 3.63) is 16.4 Å². The fourth-order valence-electron chi connectivity index (χ4n) is 2.67. The SMILES string of the molecule is CCc1nn(C)c(CN2CCN(C(C)C(=O)O)CC2)c1Cl. The van der Waals surface area contributed by atoms with E-state index in [2.05, 4.69) is 10.00 Å². The summed E-state index contributed by atoms with van der Waals surface area (Å²) in [6.07, 6.45) is 0.830. The quantitative estimate of drug-likeness (QED) is 0.885. The molecule has 0 amide bonds. The van der Waals surface area contributed by atoms with Gasteiger partial charge in [-0.15, -0.1) is 0 Å². The topological polar surface area (TPSA) is 61.6 Å². The number of piperazine rings is 1. The maximum absolute atomic E-state index is 11.0. The number of hydrogen-bond acceptors (Lipinski definition) is 4. The van der Waals surface area contributed by atoms with Crippen molar-refractivity contribution in [1.82, 2.24) is 19.6 Å². The molecule has 0 radical (unpaired) electrons. The van der Waals surface area contributed by atoms with Crippen LogP contribution in [0.5, 0.6) is 0 Å². The molecule has 0 bridgehead atoms. The maximum atomic E-state index is 11.0. The van der Waals surface area contributed by atoms with E-state index in [1.54, 1.807) is 6.92 Å². The standard InChI is InChI=1S/C14H23ClN4O2/c1-4-11-13(15)12(17(3)16-11)9-18-5-7-19(8-6-18)10(2)14(20)21/h10H,4-9H2,1-3H3,(H,20,21). The van der Waals surface area contributed by atoms with Crippen molar-refractivity contribution >= 4 is 17.6 Å². The summed E-state index contributed by atoms with van der Waals surface area (Å²) in [4.78, 5) is 15.3. The van der Waals surface area contributed by atoms with Crippen molar-refractivity contribution in [2.24, 2.45) is 7.05 Å². The van der Waals surface area contributed by atoms with Crippen molar-refractivity contribution in [3.63, 3.8) is 0 Å². The highest BCUT2D eigenvalue weighted by Crippen LogP contribution is 2.22. The molecular formula is C14H23ClN4O2. The third kappa shape index (κ3) is 3.56. The van der Waals surface area contributed by atoms with Gasteiger partial charge in [-0.25, -0.2) is 0 Å². The van der Waals surface area contributed by atoms with Crippen LogP contribution in [0.3, 0.4) is 0 Å².